The van der Waals surface area contributed by atoms with Crippen LogP contribution in [0.2, 0.25) is 0 Å². The first-order chi connectivity index (χ1) is 33.2. The van der Waals surface area contributed by atoms with Gasteiger partial charge in [-0.05, 0) is 100 Å². The molecule has 0 atom stereocenters. The molecule has 12 aromatic rings. The van der Waals surface area contributed by atoms with E-state index in [0.717, 1.165) is 33.6 Å². The van der Waals surface area contributed by atoms with Crippen LogP contribution in [-0.4, -0.2) is 9.97 Å². The van der Waals surface area contributed by atoms with Gasteiger partial charge in [0.2, 0.25) is 0 Å². The number of benzene rings is 11. The van der Waals surface area contributed by atoms with Gasteiger partial charge in [-0.3, -0.25) is 0 Å². The summed E-state index contributed by atoms with van der Waals surface area (Å²) >= 11 is 0. The van der Waals surface area contributed by atoms with Gasteiger partial charge < -0.3 is 0 Å². The lowest BCUT2D eigenvalue weighted by Crippen LogP contribution is -2.28. The maximum atomic E-state index is 5.35. The molecule has 0 fully saturated rings. The summed E-state index contributed by atoms with van der Waals surface area (Å²) in [5.74, 6) is 0.693. The minimum atomic E-state index is -0.516. The molecule has 2 nitrogen and oxygen atoms in total. The lowest BCUT2D eigenvalue weighted by Gasteiger charge is -2.34. The number of hydrogen-bond donors (Lipinski definition) is 0. The predicted octanol–water partition coefficient (Wildman–Crippen LogP) is 16.6. The van der Waals surface area contributed by atoms with E-state index in [-0.39, 0.29) is 0 Å². The van der Waals surface area contributed by atoms with Crippen LogP contribution in [0.5, 0.6) is 0 Å². The van der Waals surface area contributed by atoms with Crippen LogP contribution in [0.1, 0.15) is 22.3 Å². The molecule has 0 radical (unpaired) electrons. The largest absolute Gasteiger partial charge is 0.228 e. The number of aromatic nitrogens is 2. The third kappa shape index (κ3) is 6.18. The average molecular weight is 851 g/mol. The van der Waals surface area contributed by atoms with Crippen LogP contribution in [0.25, 0.3) is 99.6 Å². The van der Waals surface area contributed by atoms with Gasteiger partial charge in [0, 0.05) is 16.7 Å². The summed E-state index contributed by atoms with van der Waals surface area (Å²) < 4.78 is 0. The van der Waals surface area contributed by atoms with E-state index >= 15 is 0 Å². The monoisotopic (exact) mass is 850 g/mol. The lowest BCUT2D eigenvalue weighted by atomic mass is 9.67. The molecule has 0 aliphatic heterocycles. The van der Waals surface area contributed by atoms with Crippen LogP contribution < -0.4 is 0 Å². The van der Waals surface area contributed by atoms with Crippen molar-refractivity contribution in [3.05, 3.63) is 277 Å². The Morgan fingerprint density at radius 3 is 1.46 bits per heavy atom. The quantitative estimate of drug-likeness (QED) is 0.118. The van der Waals surface area contributed by atoms with Crippen molar-refractivity contribution >= 4 is 32.3 Å². The van der Waals surface area contributed by atoms with Gasteiger partial charge in [-0.2, -0.15) is 0 Å². The fourth-order valence-electron chi connectivity index (χ4n) is 11.0. The van der Waals surface area contributed by atoms with Crippen molar-refractivity contribution in [3.63, 3.8) is 0 Å². The lowest BCUT2D eigenvalue weighted by molar-refractivity contribution is 0.768. The fraction of sp³-hybridized carbons (Fsp3) is 0.0154. The Morgan fingerprint density at radius 2 is 0.776 bits per heavy atom. The summed E-state index contributed by atoms with van der Waals surface area (Å²) in [4.78, 5) is 10.6. The van der Waals surface area contributed by atoms with E-state index in [1.165, 1.54) is 82.4 Å². The Hall–Kier alpha value is -8.72. The van der Waals surface area contributed by atoms with E-state index < -0.39 is 5.41 Å². The molecule has 0 N–H and O–H groups in total. The molecule has 0 bridgehead atoms. The third-order valence-corrected chi connectivity index (χ3v) is 14.0. The minimum absolute atomic E-state index is 0.516. The Kier molecular flexibility index (Phi) is 9.11. The molecule has 11 aromatic carbocycles. The molecule has 13 rings (SSSR count). The Bertz CT molecular complexity index is 3780. The molecule has 1 aromatic heterocycles. The normalized spacial score (nSPS) is 12.6. The van der Waals surface area contributed by atoms with E-state index in [1.54, 1.807) is 0 Å². The van der Waals surface area contributed by atoms with Gasteiger partial charge in [0.1, 0.15) is 0 Å². The van der Waals surface area contributed by atoms with Crippen LogP contribution in [-0.2, 0) is 5.41 Å². The number of hydrogen-bond acceptors (Lipinski definition) is 2. The zero-order chi connectivity index (χ0) is 44.3. The van der Waals surface area contributed by atoms with Crippen molar-refractivity contribution in [2.45, 2.75) is 5.41 Å². The number of fused-ring (bicyclic) bond motifs is 7. The first kappa shape index (κ1) is 38.7. The highest BCUT2D eigenvalue weighted by Crippen LogP contribution is 2.57. The molecule has 1 aliphatic carbocycles. The second kappa shape index (κ2) is 15.8. The summed E-state index contributed by atoms with van der Waals surface area (Å²) in [6.07, 6.45) is 0. The molecule has 0 amide bonds. The Morgan fingerprint density at radius 1 is 0.284 bits per heavy atom. The highest BCUT2D eigenvalue weighted by Gasteiger charge is 2.46. The van der Waals surface area contributed by atoms with Crippen LogP contribution in [0.3, 0.4) is 0 Å². The maximum absolute atomic E-state index is 5.35. The molecule has 1 aliphatic rings. The summed E-state index contributed by atoms with van der Waals surface area (Å²) in [5, 5.41) is 7.47. The Labute approximate surface area is 390 Å². The second-order valence-corrected chi connectivity index (χ2v) is 17.6. The van der Waals surface area contributed by atoms with E-state index in [4.69, 9.17) is 9.97 Å². The topological polar surface area (TPSA) is 25.8 Å². The first-order valence-electron chi connectivity index (χ1n) is 23.1. The molecular weight excluding hydrogens is 809 g/mol. The molecule has 67 heavy (non-hydrogen) atoms. The van der Waals surface area contributed by atoms with Crippen molar-refractivity contribution < 1.29 is 0 Å². The molecule has 0 saturated heterocycles. The second-order valence-electron chi connectivity index (χ2n) is 17.6. The molecular formula is C65H42N2. The van der Waals surface area contributed by atoms with E-state index in [1.807, 2.05) is 6.07 Å². The Balaban J connectivity index is 0.993. The van der Waals surface area contributed by atoms with Gasteiger partial charge in [-0.25, -0.2) is 9.97 Å². The van der Waals surface area contributed by atoms with Gasteiger partial charge in [-0.15, -0.1) is 0 Å². The van der Waals surface area contributed by atoms with Crippen LogP contribution >= 0.6 is 0 Å². The average Bonchev–Trinajstić information content (AvgIpc) is 3.71. The van der Waals surface area contributed by atoms with Gasteiger partial charge in [0.05, 0.1) is 16.8 Å². The first-order valence-corrected chi connectivity index (χ1v) is 23.1. The molecule has 0 saturated carbocycles. The number of rotatable bonds is 7. The van der Waals surface area contributed by atoms with Crippen molar-refractivity contribution in [2.24, 2.45) is 0 Å². The maximum Gasteiger partial charge on any atom is 0.160 e. The number of nitrogens with zero attached hydrogens (tertiary/aromatic N) is 2. The fourth-order valence-corrected chi connectivity index (χ4v) is 11.0. The van der Waals surface area contributed by atoms with Crippen LogP contribution in [0.15, 0.2) is 255 Å². The predicted molar refractivity (Wildman–Crippen MR) is 279 cm³/mol. The zero-order valence-corrected chi connectivity index (χ0v) is 36.6. The summed E-state index contributed by atoms with van der Waals surface area (Å²) in [5.41, 5.74) is 16.7. The van der Waals surface area contributed by atoms with Crippen molar-refractivity contribution in [2.75, 3.05) is 0 Å². The zero-order valence-electron chi connectivity index (χ0n) is 36.6. The van der Waals surface area contributed by atoms with E-state index in [2.05, 4.69) is 249 Å². The van der Waals surface area contributed by atoms with Crippen LogP contribution in [0.4, 0.5) is 0 Å². The summed E-state index contributed by atoms with van der Waals surface area (Å²) in [6, 6.07) is 92.4. The third-order valence-electron chi connectivity index (χ3n) is 14.0. The van der Waals surface area contributed by atoms with Gasteiger partial charge in [-0.1, -0.05) is 243 Å². The molecule has 1 heterocycles. The van der Waals surface area contributed by atoms with Crippen molar-refractivity contribution in [3.8, 4) is 67.3 Å². The minimum Gasteiger partial charge on any atom is -0.228 e. The van der Waals surface area contributed by atoms with E-state index in [9.17, 15) is 0 Å². The van der Waals surface area contributed by atoms with Crippen molar-refractivity contribution in [1.82, 2.24) is 9.97 Å². The standard InChI is InChI=1S/C65H42N2/c1-5-20-45(21-6-1)62-55-31-16-15-30-54(55)61(56-40-37-43-19-13-14-28-51(43)63(56)62)46-35-33-44(34-36-46)59-42-60(67-64(66-59)47-22-7-2-8-23-47)48-38-39-53-52-29-17-18-32-57(52)65(58(53)41-48,49-24-9-3-10-25-49)50-26-11-4-12-27-50/h1-42H. The highest BCUT2D eigenvalue weighted by atomic mass is 14.9. The SMILES string of the molecule is c1ccc(-c2nc(-c3ccc(-c4c5ccccc5c(-c5ccccc5)c5c4ccc4ccccc45)cc3)cc(-c3ccc4c(c3)C(c3ccccc3)(c3ccccc3)c3ccccc3-4)n2)cc1. The van der Waals surface area contributed by atoms with Gasteiger partial charge >= 0.3 is 0 Å². The highest BCUT2D eigenvalue weighted by molar-refractivity contribution is 6.27. The molecule has 0 spiro atoms. The van der Waals surface area contributed by atoms with Crippen molar-refractivity contribution in [1.29, 1.82) is 0 Å². The smallest absolute Gasteiger partial charge is 0.160 e. The van der Waals surface area contributed by atoms with Gasteiger partial charge in [0.15, 0.2) is 5.82 Å². The molecule has 0 unspecified atom stereocenters. The summed E-state index contributed by atoms with van der Waals surface area (Å²) in [7, 11) is 0. The molecule has 2 heteroatoms. The summed E-state index contributed by atoms with van der Waals surface area (Å²) in [6.45, 7) is 0. The van der Waals surface area contributed by atoms with Crippen LogP contribution in [0, 0.1) is 0 Å². The molecule has 312 valence electrons. The van der Waals surface area contributed by atoms with E-state index in [0.29, 0.717) is 5.82 Å². The van der Waals surface area contributed by atoms with Gasteiger partial charge in [0.25, 0.3) is 0 Å².